The van der Waals surface area contributed by atoms with Crippen LogP contribution in [0.5, 0.6) is 0 Å². The fourth-order valence-electron chi connectivity index (χ4n) is 7.25. The number of unbranched alkanes of at least 4 members (excludes halogenated alkanes) is 16. The standard InChI is InChI=1S/C51H94N2O14S2/c1-5-9-13-17-21-25-46(58)64-38-42(54)34-52(35-43(55)39-65-47(59)26-22-18-14-10-6-2)29-31-68-50(62)33-51(63)69-32-30-53(36-44(56)40-66-48(60)27-23-19-15-11-7-3)37-45(57)41-67-49(61)28-24-20-16-12-8-4/h42-45,54-57H,5-41H2,1-4H3. The highest BCUT2D eigenvalue weighted by Crippen LogP contribution is 2.15. The van der Waals surface area contributed by atoms with Crippen molar-refractivity contribution in [2.24, 2.45) is 0 Å². The zero-order chi connectivity index (χ0) is 51.3. The summed E-state index contributed by atoms with van der Waals surface area (Å²) < 4.78 is 21.2. The van der Waals surface area contributed by atoms with Crippen LogP contribution in [0.4, 0.5) is 0 Å². The van der Waals surface area contributed by atoms with Gasteiger partial charge < -0.3 is 39.4 Å². The van der Waals surface area contributed by atoms with Crippen LogP contribution in [0.1, 0.15) is 188 Å². The second-order valence-electron chi connectivity index (χ2n) is 18.1. The van der Waals surface area contributed by atoms with E-state index >= 15 is 0 Å². The molecule has 0 aromatic rings. The average molecular weight is 1020 g/mol. The molecule has 0 aromatic heterocycles. The number of carbonyl (C=O) groups is 6. The van der Waals surface area contributed by atoms with Gasteiger partial charge in [-0.2, -0.15) is 0 Å². The first-order valence-electron chi connectivity index (χ1n) is 26.3. The van der Waals surface area contributed by atoms with Gasteiger partial charge in [-0.25, -0.2) is 0 Å². The molecular formula is C51H94N2O14S2. The number of aliphatic hydroxyl groups is 4. The summed E-state index contributed by atoms with van der Waals surface area (Å²) >= 11 is 1.87. The van der Waals surface area contributed by atoms with Gasteiger partial charge in [0.25, 0.3) is 0 Å². The topological polar surface area (TPSA) is 227 Å². The SMILES string of the molecule is CCCCCCCC(=O)OCC(O)CN(CCSC(=O)CC(=O)SCCN(CC(O)COC(=O)CCCCCCC)CC(O)COC(=O)CCCCCCC)CC(O)COC(=O)CCCCCCC. The smallest absolute Gasteiger partial charge is 0.305 e. The molecule has 0 aromatic carbocycles. The van der Waals surface area contributed by atoms with Gasteiger partial charge in [0.1, 0.15) is 50.8 Å². The fourth-order valence-corrected chi connectivity index (χ4v) is 8.96. The minimum absolute atomic E-state index is 0.0127. The number of esters is 4. The molecule has 404 valence electrons. The maximum atomic E-state index is 12.9. The Balaban J connectivity index is 5.26. The van der Waals surface area contributed by atoms with Gasteiger partial charge >= 0.3 is 23.9 Å². The van der Waals surface area contributed by atoms with E-state index in [2.05, 4.69) is 27.7 Å². The molecule has 0 radical (unpaired) electrons. The molecule has 69 heavy (non-hydrogen) atoms. The van der Waals surface area contributed by atoms with Crippen molar-refractivity contribution < 1.29 is 68.1 Å². The summed E-state index contributed by atoms with van der Waals surface area (Å²) in [6.07, 6.45) is 15.9. The van der Waals surface area contributed by atoms with Gasteiger partial charge in [0.15, 0.2) is 10.2 Å². The third-order valence-corrected chi connectivity index (χ3v) is 12.9. The van der Waals surface area contributed by atoms with Gasteiger partial charge in [-0.05, 0) is 25.7 Å². The molecule has 0 rings (SSSR count). The highest BCUT2D eigenvalue weighted by Gasteiger charge is 2.22. The molecule has 4 unspecified atom stereocenters. The second kappa shape index (κ2) is 46.7. The van der Waals surface area contributed by atoms with Crippen LogP contribution >= 0.6 is 23.5 Å². The van der Waals surface area contributed by atoms with Crippen molar-refractivity contribution in [1.82, 2.24) is 9.80 Å². The maximum absolute atomic E-state index is 12.9. The Labute approximate surface area is 423 Å². The molecule has 0 saturated carbocycles. The van der Waals surface area contributed by atoms with Gasteiger partial charge in [-0.3, -0.25) is 38.6 Å². The largest absolute Gasteiger partial charge is 0.463 e. The highest BCUT2D eigenvalue weighted by molar-refractivity contribution is 8.15. The number of hydrogen-bond acceptors (Lipinski definition) is 18. The first kappa shape index (κ1) is 66.7. The molecule has 0 fully saturated rings. The van der Waals surface area contributed by atoms with Crippen LogP contribution < -0.4 is 0 Å². The van der Waals surface area contributed by atoms with E-state index in [4.69, 9.17) is 18.9 Å². The molecule has 4 atom stereocenters. The first-order valence-corrected chi connectivity index (χ1v) is 28.3. The van der Waals surface area contributed by atoms with E-state index in [9.17, 15) is 49.2 Å². The van der Waals surface area contributed by atoms with Gasteiger partial charge in [-0.1, -0.05) is 154 Å². The molecule has 18 heteroatoms. The summed E-state index contributed by atoms with van der Waals surface area (Å²) in [5.41, 5.74) is 0. The van der Waals surface area contributed by atoms with Crippen LogP contribution in [0.2, 0.25) is 0 Å². The van der Waals surface area contributed by atoms with Crippen LogP contribution in [-0.4, -0.2) is 166 Å². The molecule has 16 nitrogen and oxygen atoms in total. The van der Waals surface area contributed by atoms with Crippen molar-refractivity contribution in [1.29, 1.82) is 0 Å². The lowest BCUT2D eigenvalue weighted by molar-refractivity contribution is -0.148. The summed E-state index contributed by atoms with van der Waals surface area (Å²) in [4.78, 5) is 78.3. The van der Waals surface area contributed by atoms with Gasteiger partial charge in [0.2, 0.25) is 0 Å². The van der Waals surface area contributed by atoms with Crippen LogP contribution in [0, 0.1) is 0 Å². The minimum Gasteiger partial charge on any atom is -0.463 e. The number of hydrogen-bond donors (Lipinski definition) is 4. The minimum atomic E-state index is -1.08. The van der Waals surface area contributed by atoms with Gasteiger partial charge in [0, 0.05) is 76.5 Å². The highest BCUT2D eigenvalue weighted by atomic mass is 32.2. The quantitative estimate of drug-likeness (QED) is 0.0200. The van der Waals surface area contributed by atoms with E-state index < -0.39 is 48.3 Å². The number of thioether (sulfide) groups is 2. The molecule has 0 spiro atoms. The van der Waals surface area contributed by atoms with Crippen LogP contribution in [0.15, 0.2) is 0 Å². The molecule has 0 saturated heterocycles. The second-order valence-corrected chi connectivity index (χ2v) is 20.4. The number of rotatable bonds is 48. The van der Waals surface area contributed by atoms with Crippen molar-refractivity contribution in [2.75, 3.05) is 77.2 Å². The van der Waals surface area contributed by atoms with Crippen molar-refractivity contribution in [3.8, 4) is 0 Å². The fraction of sp³-hybridized carbons (Fsp3) is 0.882. The molecular weight excluding hydrogens is 929 g/mol. The third kappa shape index (κ3) is 44.1. The lowest BCUT2D eigenvalue weighted by Gasteiger charge is -2.27. The van der Waals surface area contributed by atoms with Crippen molar-refractivity contribution >= 4 is 57.6 Å². The Morgan fingerprint density at radius 3 is 0.841 bits per heavy atom. The monoisotopic (exact) mass is 1020 g/mol. The van der Waals surface area contributed by atoms with Crippen molar-refractivity contribution in [3.63, 3.8) is 0 Å². The van der Waals surface area contributed by atoms with Crippen LogP contribution in [-0.2, 0) is 47.7 Å². The summed E-state index contributed by atoms with van der Waals surface area (Å²) in [5.74, 6) is -1.13. The van der Waals surface area contributed by atoms with E-state index in [-0.39, 0.29) is 120 Å². The Hall–Kier alpha value is -2.32. The number of carbonyl (C=O) groups excluding carboxylic acids is 6. The van der Waals surface area contributed by atoms with E-state index in [0.29, 0.717) is 25.7 Å². The Morgan fingerprint density at radius 1 is 0.377 bits per heavy atom. The van der Waals surface area contributed by atoms with Crippen molar-refractivity contribution in [2.45, 2.75) is 213 Å². The van der Waals surface area contributed by atoms with E-state index in [0.717, 1.165) is 126 Å². The molecule has 0 aliphatic heterocycles. The van der Waals surface area contributed by atoms with Crippen LogP contribution in [0.25, 0.3) is 0 Å². The third-order valence-electron chi connectivity index (χ3n) is 11.2. The number of aliphatic hydroxyl groups excluding tert-OH is 4. The average Bonchev–Trinajstić information content (AvgIpc) is 3.31. The maximum Gasteiger partial charge on any atom is 0.305 e. The molecule has 0 amide bonds. The van der Waals surface area contributed by atoms with Gasteiger partial charge in [-0.15, -0.1) is 0 Å². The number of ether oxygens (including phenoxy) is 4. The summed E-state index contributed by atoms with van der Waals surface area (Å²) in [6, 6.07) is 0. The Bertz CT molecular complexity index is 1160. The Morgan fingerprint density at radius 2 is 0.609 bits per heavy atom. The molecule has 4 N–H and O–H groups in total. The molecule has 0 aliphatic rings. The molecule has 0 aliphatic carbocycles. The lowest BCUT2D eigenvalue weighted by Crippen LogP contribution is -2.42. The lowest BCUT2D eigenvalue weighted by atomic mass is 10.1. The molecule has 0 heterocycles. The Kier molecular flexibility index (Phi) is 45.2. The zero-order valence-electron chi connectivity index (χ0n) is 43.1. The number of nitrogens with zero attached hydrogens (tertiary/aromatic N) is 2. The van der Waals surface area contributed by atoms with Gasteiger partial charge in [0.05, 0.1) is 6.42 Å². The summed E-state index contributed by atoms with van der Waals surface area (Å²) in [6.45, 7) is 8.02. The predicted molar refractivity (Wildman–Crippen MR) is 274 cm³/mol. The summed E-state index contributed by atoms with van der Waals surface area (Å²) in [7, 11) is 0. The van der Waals surface area contributed by atoms with Crippen molar-refractivity contribution in [3.05, 3.63) is 0 Å². The van der Waals surface area contributed by atoms with Crippen LogP contribution in [0.3, 0.4) is 0 Å². The van der Waals surface area contributed by atoms with E-state index in [1.54, 1.807) is 9.80 Å². The molecule has 0 bridgehead atoms. The summed E-state index contributed by atoms with van der Waals surface area (Å²) in [5, 5.41) is 42.3. The van der Waals surface area contributed by atoms with E-state index in [1.165, 1.54) is 0 Å². The predicted octanol–water partition coefficient (Wildman–Crippen LogP) is 7.56. The van der Waals surface area contributed by atoms with E-state index in [1.807, 2.05) is 0 Å². The zero-order valence-corrected chi connectivity index (χ0v) is 44.7. The normalized spacial score (nSPS) is 13.2. The first-order chi connectivity index (χ1) is 33.2.